The van der Waals surface area contributed by atoms with Crippen molar-refractivity contribution in [2.24, 2.45) is 17.6 Å². The summed E-state index contributed by atoms with van der Waals surface area (Å²) in [5.74, 6) is 2.13. The normalized spacial score (nSPS) is 26.9. The third-order valence-corrected chi connectivity index (χ3v) is 5.16. The molecule has 0 aromatic carbocycles. The third kappa shape index (κ3) is 3.10. The van der Waals surface area contributed by atoms with Crippen molar-refractivity contribution >= 4 is 0 Å². The lowest BCUT2D eigenvalue weighted by Crippen LogP contribution is -2.46. The van der Waals surface area contributed by atoms with Gasteiger partial charge in [-0.05, 0) is 31.1 Å². The van der Waals surface area contributed by atoms with E-state index in [-0.39, 0.29) is 11.5 Å². The summed E-state index contributed by atoms with van der Waals surface area (Å²) in [6, 6.07) is 0.262. The van der Waals surface area contributed by atoms with Crippen LogP contribution in [0.25, 0.3) is 0 Å². The molecule has 1 aromatic heterocycles. The molecular weight excluding hydrogens is 262 g/mol. The van der Waals surface area contributed by atoms with Crippen molar-refractivity contribution in [2.75, 3.05) is 7.11 Å². The van der Waals surface area contributed by atoms with Gasteiger partial charge in [0.25, 0.3) is 0 Å². The molecule has 1 aliphatic carbocycles. The van der Waals surface area contributed by atoms with Gasteiger partial charge in [-0.3, -0.25) is 4.68 Å². The number of ether oxygens (including phenoxy) is 1. The average molecular weight is 293 g/mol. The van der Waals surface area contributed by atoms with Crippen molar-refractivity contribution in [1.82, 2.24) is 9.78 Å². The Hall–Kier alpha value is -1.03. The summed E-state index contributed by atoms with van der Waals surface area (Å²) in [5, 5.41) is 4.53. The Bertz CT molecular complexity index is 467. The Kier molecular flexibility index (Phi) is 4.97. The molecule has 4 nitrogen and oxygen atoms in total. The fourth-order valence-electron chi connectivity index (χ4n) is 4.05. The van der Waals surface area contributed by atoms with Gasteiger partial charge < -0.3 is 10.5 Å². The van der Waals surface area contributed by atoms with Crippen molar-refractivity contribution in [3.8, 4) is 5.75 Å². The second-order valence-electron chi connectivity index (χ2n) is 7.19. The van der Waals surface area contributed by atoms with Crippen LogP contribution in [-0.4, -0.2) is 22.9 Å². The maximum Gasteiger partial charge on any atom is 0.160 e. The van der Waals surface area contributed by atoms with Gasteiger partial charge in [0.15, 0.2) is 5.75 Å². The largest absolute Gasteiger partial charge is 0.493 e. The summed E-state index contributed by atoms with van der Waals surface area (Å²) in [6.45, 7) is 10.0. The average Bonchev–Trinajstić information content (AvgIpc) is 2.82. The van der Waals surface area contributed by atoms with Crippen LogP contribution in [0.1, 0.15) is 59.1 Å². The SMILES string of the molecule is CCCn1ncc(OC)c1C(C)(C)C1CCC(C)CC1N. The molecule has 0 radical (unpaired) electrons. The number of aryl methyl sites for hydroxylation is 1. The van der Waals surface area contributed by atoms with Gasteiger partial charge in [0.2, 0.25) is 0 Å². The van der Waals surface area contributed by atoms with Gasteiger partial charge in [0, 0.05) is 18.0 Å². The highest BCUT2D eigenvalue weighted by atomic mass is 16.5. The number of aromatic nitrogens is 2. The molecule has 3 atom stereocenters. The molecule has 1 fully saturated rings. The minimum Gasteiger partial charge on any atom is -0.493 e. The van der Waals surface area contributed by atoms with Crippen LogP contribution < -0.4 is 10.5 Å². The number of hydrogen-bond donors (Lipinski definition) is 1. The van der Waals surface area contributed by atoms with E-state index < -0.39 is 0 Å². The quantitative estimate of drug-likeness (QED) is 0.906. The molecule has 0 amide bonds. The summed E-state index contributed by atoms with van der Waals surface area (Å²) >= 11 is 0. The highest BCUT2D eigenvalue weighted by Crippen LogP contribution is 2.44. The summed E-state index contributed by atoms with van der Waals surface area (Å²) in [6.07, 6.45) is 6.51. The Balaban J connectivity index is 2.36. The maximum atomic E-state index is 6.51. The van der Waals surface area contributed by atoms with Crippen LogP contribution in [0.4, 0.5) is 0 Å². The van der Waals surface area contributed by atoms with E-state index in [1.807, 2.05) is 6.20 Å². The molecule has 0 bridgehead atoms. The number of hydrogen-bond acceptors (Lipinski definition) is 3. The van der Waals surface area contributed by atoms with E-state index in [0.717, 1.165) is 31.1 Å². The second kappa shape index (κ2) is 6.39. The molecule has 120 valence electrons. The topological polar surface area (TPSA) is 53.1 Å². The fourth-order valence-corrected chi connectivity index (χ4v) is 4.05. The number of rotatable bonds is 5. The molecule has 0 spiro atoms. The molecule has 1 heterocycles. The third-order valence-electron chi connectivity index (χ3n) is 5.16. The van der Waals surface area contributed by atoms with Gasteiger partial charge in [-0.2, -0.15) is 5.10 Å². The van der Waals surface area contributed by atoms with Crippen molar-refractivity contribution in [3.05, 3.63) is 11.9 Å². The molecule has 4 heteroatoms. The first-order valence-corrected chi connectivity index (χ1v) is 8.27. The fraction of sp³-hybridized carbons (Fsp3) is 0.824. The van der Waals surface area contributed by atoms with Gasteiger partial charge in [-0.1, -0.05) is 34.1 Å². The molecular formula is C17H31N3O. The van der Waals surface area contributed by atoms with E-state index in [4.69, 9.17) is 10.5 Å². The van der Waals surface area contributed by atoms with E-state index in [2.05, 4.69) is 37.5 Å². The summed E-state index contributed by atoms with van der Waals surface area (Å²) < 4.78 is 7.70. The molecule has 0 aliphatic heterocycles. The van der Waals surface area contributed by atoms with Crippen molar-refractivity contribution in [1.29, 1.82) is 0 Å². The Morgan fingerprint density at radius 1 is 1.43 bits per heavy atom. The first kappa shape index (κ1) is 16.3. The highest BCUT2D eigenvalue weighted by molar-refractivity contribution is 5.33. The first-order chi connectivity index (χ1) is 9.91. The smallest absolute Gasteiger partial charge is 0.160 e. The van der Waals surface area contributed by atoms with Gasteiger partial charge in [0.05, 0.1) is 19.0 Å². The zero-order chi connectivity index (χ0) is 15.6. The molecule has 0 saturated heterocycles. The van der Waals surface area contributed by atoms with E-state index in [0.29, 0.717) is 5.92 Å². The Morgan fingerprint density at radius 2 is 2.14 bits per heavy atom. The Labute approximate surface area is 129 Å². The number of nitrogens with zero attached hydrogens (tertiary/aromatic N) is 2. The van der Waals surface area contributed by atoms with E-state index in [1.165, 1.54) is 18.5 Å². The summed E-state index contributed by atoms with van der Waals surface area (Å²) in [7, 11) is 1.73. The van der Waals surface area contributed by atoms with Crippen LogP contribution in [0.2, 0.25) is 0 Å². The monoisotopic (exact) mass is 293 g/mol. The molecule has 1 saturated carbocycles. The van der Waals surface area contributed by atoms with Crippen molar-refractivity contribution in [2.45, 2.75) is 71.4 Å². The van der Waals surface area contributed by atoms with Crippen LogP contribution in [0, 0.1) is 11.8 Å². The van der Waals surface area contributed by atoms with Gasteiger partial charge in [0.1, 0.15) is 0 Å². The maximum absolute atomic E-state index is 6.51. The molecule has 2 N–H and O–H groups in total. The van der Waals surface area contributed by atoms with Crippen LogP contribution in [0.5, 0.6) is 5.75 Å². The predicted octanol–water partition coefficient (Wildman–Crippen LogP) is 3.34. The first-order valence-electron chi connectivity index (χ1n) is 8.27. The van der Waals surface area contributed by atoms with E-state index in [9.17, 15) is 0 Å². The summed E-state index contributed by atoms with van der Waals surface area (Å²) in [5.41, 5.74) is 7.70. The van der Waals surface area contributed by atoms with Gasteiger partial charge in [-0.15, -0.1) is 0 Å². The minimum atomic E-state index is -0.0173. The van der Waals surface area contributed by atoms with Crippen LogP contribution >= 0.6 is 0 Å². The van der Waals surface area contributed by atoms with Crippen LogP contribution in [0.3, 0.4) is 0 Å². The number of methoxy groups -OCH3 is 1. The zero-order valence-electron chi connectivity index (χ0n) is 14.2. The lowest BCUT2D eigenvalue weighted by atomic mass is 9.65. The molecule has 2 rings (SSSR count). The molecule has 21 heavy (non-hydrogen) atoms. The predicted molar refractivity (Wildman–Crippen MR) is 86.6 cm³/mol. The van der Waals surface area contributed by atoms with Gasteiger partial charge in [-0.25, -0.2) is 0 Å². The van der Waals surface area contributed by atoms with Crippen molar-refractivity contribution < 1.29 is 4.74 Å². The van der Waals surface area contributed by atoms with Crippen LogP contribution in [-0.2, 0) is 12.0 Å². The minimum absolute atomic E-state index is 0.0173. The molecule has 1 aromatic rings. The van der Waals surface area contributed by atoms with E-state index in [1.54, 1.807) is 7.11 Å². The lowest BCUT2D eigenvalue weighted by Gasteiger charge is -2.43. The van der Waals surface area contributed by atoms with E-state index >= 15 is 0 Å². The van der Waals surface area contributed by atoms with Crippen LogP contribution in [0.15, 0.2) is 6.20 Å². The second-order valence-corrected chi connectivity index (χ2v) is 7.19. The zero-order valence-corrected chi connectivity index (χ0v) is 14.2. The lowest BCUT2D eigenvalue weighted by molar-refractivity contribution is 0.161. The van der Waals surface area contributed by atoms with Crippen molar-refractivity contribution in [3.63, 3.8) is 0 Å². The Morgan fingerprint density at radius 3 is 2.71 bits per heavy atom. The molecule has 3 unspecified atom stereocenters. The molecule has 1 aliphatic rings. The highest BCUT2D eigenvalue weighted by Gasteiger charge is 2.42. The summed E-state index contributed by atoms with van der Waals surface area (Å²) in [4.78, 5) is 0. The number of nitrogens with two attached hydrogens (primary N) is 1. The standard InChI is InChI=1S/C17H31N3O/c1-6-9-20-16(15(21-5)11-19-20)17(3,4)13-8-7-12(2)10-14(13)18/h11-14H,6-10,18H2,1-5H3. The van der Waals surface area contributed by atoms with Gasteiger partial charge >= 0.3 is 0 Å².